The Morgan fingerprint density at radius 1 is 1.30 bits per heavy atom. The highest BCUT2D eigenvalue weighted by Gasteiger charge is 2.34. The van der Waals surface area contributed by atoms with Crippen LogP contribution in [0.15, 0.2) is 48.1 Å². The number of amides is 1. The minimum atomic E-state index is -0.286. The first-order valence-electron chi connectivity index (χ1n) is 8.97. The third-order valence-electron chi connectivity index (χ3n) is 5.02. The third kappa shape index (κ3) is 3.79. The van der Waals surface area contributed by atoms with Crippen molar-refractivity contribution in [3.63, 3.8) is 0 Å². The number of carbonyl (C=O) groups excluding carboxylic acids is 1. The summed E-state index contributed by atoms with van der Waals surface area (Å²) >= 11 is 0. The van der Waals surface area contributed by atoms with Gasteiger partial charge in [0.05, 0.1) is 5.54 Å². The highest BCUT2D eigenvalue weighted by molar-refractivity contribution is 6.01. The van der Waals surface area contributed by atoms with E-state index in [1.165, 1.54) is 12.1 Å². The van der Waals surface area contributed by atoms with Gasteiger partial charge in [-0.05, 0) is 56.7 Å². The SMILES string of the molecule is C=C/N=C(\c1cc(-c2ccc(F)cc2)[nH]c1C)N1CCN(C=O)C(C)(C)C1. The molecule has 1 saturated heterocycles. The number of aromatic amines is 1. The number of rotatable bonds is 4. The number of aryl methyl sites for hydroxylation is 1. The second kappa shape index (κ2) is 7.39. The van der Waals surface area contributed by atoms with Crippen LogP contribution in [-0.2, 0) is 4.79 Å². The predicted octanol–water partition coefficient (Wildman–Crippen LogP) is 3.57. The van der Waals surface area contributed by atoms with E-state index in [1.54, 1.807) is 18.3 Å². The Kier molecular flexibility index (Phi) is 5.17. The van der Waals surface area contributed by atoms with Gasteiger partial charge in [0.25, 0.3) is 0 Å². The Bertz CT molecular complexity index is 867. The molecular weight excluding hydrogens is 343 g/mol. The lowest BCUT2D eigenvalue weighted by Gasteiger charge is -2.46. The number of nitrogens with zero attached hydrogens (tertiary/aromatic N) is 3. The van der Waals surface area contributed by atoms with Crippen molar-refractivity contribution < 1.29 is 9.18 Å². The van der Waals surface area contributed by atoms with Crippen molar-refractivity contribution in [3.8, 4) is 11.3 Å². The topological polar surface area (TPSA) is 51.7 Å². The predicted molar refractivity (Wildman–Crippen MR) is 106 cm³/mol. The number of hydrogen-bond acceptors (Lipinski definition) is 2. The summed E-state index contributed by atoms with van der Waals surface area (Å²) < 4.78 is 13.2. The fraction of sp³-hybridized carbons (Fsp3) is 0.333. The highest BCUT2D eigenvalue weighted by atomic mass is 19.1. The molecule has 1 amide bonds. The maximum absolute atomic E-state index is 13.2. The van der Waals surface area contributed by atoms with E-state index in [2.05, 4.69) is 21.5 Å². The summed E-state index contributed by atoms with van der Waals surface area (Å²) in [4.78, 5) is 23.2. The molecule has 6 heteroatoms. The van der Waals surface area contributed by atoms with Crippen molar-refractivity contribution in [2.75, 3.05) is 19.6 Å². The first-order chi connectivity index (χ1) is 12.9. The molecule has 27 heavy (non-hydrogen) atoms. The minimum absolute atomic E-state index is 0.258. The Morgan fingerprint density at radius 2 is 2.00 bits per heavy atom. The third-order valence-corrected chi connectivity index (χ3v) is 5.02. The Hall–Kier alpha value is -2.89. The molecule has 0 saturated carbocycles. The van der Waals surface area contributed by atoms with Crippen molar-refractivity contribution in [3.05, 3.63) is 60.2 Å². The average Bonchev–Trinajstić information content (AvgIpc) is 3.01. The molecule has 1 aromatic heterocycles. The first-order valence-corrected chi connectivity index (χ1v) is 8.97. The summed E-state index contributed by atoms with van der Waals surface area (Å²) in [6, 6.07) is 8.43. The quantitative estimate of drug-likeness (QED) is 0.510. The number of piperazine rings is 1. The highest BCUT2D eigenvalue weighted by Crippen LogP contribution is 2.26. The number of H-pyrrole nitrogens is 1. The maximum atomic E-state index is 13.2. The number of hydrogen-bond donors (Lipinski definition) is 1. The lowest BCUT2D eigenvalue weighted by Crippen LogP contribution is -2.60. The van der Waals surface area contributed by atoms with Crippen LogP contribution >= 0.6 is 0 Å². The molecule has 2 aromatic rings. The fourth-order valence-corrected chi connectivity index (χ4v) is 3.53. The monoisotopic (exact) mass is 368 g/mol. The van der Waals surface area contributed by atoms with Gasteiger partial charge in [-0.15, -0.1) is 0 Å². The molecule has 142 valence electrons. The average molecular weight is 368 g/mol. The number of halogens is 1. The van der Waals surface area contributed by atoms with E-state index in [9.17, 15) is 9.18 Å². The molecule has 1 N–H and O–H groups in total. The number of amidine groups is 1. The zero-order valence-electron chi connectivity index (χ0n) is 16.0. The first kappa shape index (κ1) is 18.9. The number of nitrogens with one attached hydrogen (secondary N) is 1. The van der Waals surface area contributed by atoms with Crippen LogP contribution in [-0.4, -0.2) is 52.2 Å². The number of aromatic nitrogens is 1. The molecular formula is C21H25FN4O. The summed E-state index contributed by atoms with van der Waals surface area (Å²) in [6.45, 7) is 11.9. The molecule has 1 fully saturated rings. The van der Waals surface area contributed by atoms with Crippen molar-refractivity contribution in [2.24, 2.45) is 4.99 Å². The van der Waals surface area contributed by atoms with Crippen molar-refractivity contribution in [1.82, 2.24) is 14.8 Å². The fourth-order valence-electron chi connectivity index (χ4n) is 3.53. The van der Waals surface area contributed by atoms with Crippen LogP contribution in [0.4, 0.5) is 4.39 Å². The van der Waals surface area contributed by atoms with Crippen LogP contribution in [0, 0.1) is 12.7 Å². The Morgan fingerprint density at radius 3 is 2.59 bits per heavy atom. The van der Waals surface area contributed by atoms with Crippen LogP contribution in [0.2, 0.25) is 0 Å². The van der Waals surface area contributed by atoms with Crippen molar-refractivity contribution in [2.45, 2.75) is 26.3 Å². The maximum Gasteiger partial charge on any atom is 0.210 e. The second-order valence-corrected chi connectivity index (χ2v) is 7.40. The molecule has 0 radical (unpaired) electrons. The minimum Gasteiger partial charge on any atom is -0.358 e. The molecule has 0 spiro atoms. The van der Waals surface area contributed by atoms with Crippen molar-refractivity contribution >= 4 is 12.2 Å². The summed E-state index contributed by atoms with van der Waals surface area (Å²) in [6.07, 6.45) is 2.45. The van der Waals surface area contributed by atoms with E-state index < -0.39 is 0 Å². The van der Waals surface area contributed by atoms with Gasteiger partial charge in [-0.2, -0.15) is 0 Å². The molecule has 1 aliphatic heterocycles. The van der Waals surface area contributed by atoms with Gasteiger partial charge in [0, 0.05) is 42.8 Å². The van der Waals surface area contributed by atoms with E-state index in [0.717, 1.165) is 34.8 Å². The number of aliphatic imine (C=N–C) groups is 1. The van der Waals surface area contributed by atoms with Gasteiger partial charge in [0.2, 0.25) is 6.41 Å². The van der Waals surface area contributed by atoms with Gasteiger partial charge in [-0.3, -0.25) is 4.79 Å². The van der Waals surface area contributed by atoms with Gasteiger partial charge in [-0.1, -0.05) is 6.58 Å². The molecule has 1 aliphatic rings. The van der Waals surface area contributed by atoms with Crippen LogP contribution in [0.1, 0.15) is 25.1 Å². The zero-order chi connectivity index (χ0) is 19.6. The second-order valence-electron chi connectivity index (χ2n) is 7.40. The van der Waals surface area contributed by atoms with Gasteiger partial charge in [-0.25, -0.2) is 9.38 Å². The molecule has 0 aliphatic carbocycles. The smallest absolute Gasteiger partial charge is 0.210 e. The van der Waals surface area contributed by atoms with Crippen LogP contribution in [0.25, 0.3) is 11.3 Å². The number of benzene rings is 1. The summed E-state index contributed by atoms with van der Waals surface area (Å²) in [5, 5.41) is 0. The summed E-state index contributed by atoms with van der Waals surface area (Å²) in [7, 11) is 0. The van der Waals surface area contributed by atoms with E-state index in [1.807, 2.05) is 31.7 Å². The van der Waals surface area contributed by atoms with Crippen LogP contribution in [0.5, 0.6) is 0 Å². The molecule has 3 rings (SSSR count). The van der Waals surface area contributed by atoms with Gasteiger partial charge >= 0.3 is 0 Å². The molecule has 1 aromatic carbocycles. The molecule has 5 nitrogen and oxygen atoms in total. The zero-order valence-corrected chi connectivity index (χ0v) is 16.0. The van der Waals surface area contributed by atoms with Gasteiger partial charge in [0.1, 0.15) is 11.7 Å². The van der Waals surface area contributed by atoms with Gasteiger partial charge in [0.15, 0.2) is 0 Å². The lowest BCUT2D eigenvalue weighted by molar-refractivity contribution is -0.125. The molecule has 2 heterocycles. The normalized spacial score (nSPS) is 17.1. The van der Waals surface area contributed by atoms with E-state index >= 15 is 0 Å². The standard InChI is InChI=1S/C21H25FN4O/c1-5-23-20(25-10-11-26(14-27)21(3,4)13-25)18-12-19(24-15(18)2)16-6-8-17(22)9-7-16/h5-9,12,14,24H,1,10-11,13H2,2-4H3/b23-20+. The number of carbonyl (C=O) groups is 1. The van der Waals surface area contributed by atoms with E-state index in [4.69, 9.17) is 0 Å². The lowest BCUT2D eigenvalue weighted by atomic mass is 9.98. The van der Waals surface area contributed by atoms with Gasteiger partial charge < -0.3 is 14.8 Å². The summed E-state index contributed by atoms with van der Waals surface area (Å²) in [5.41, 5.74) is 3.49. The molecule has 0 atom stereocenters. The van der Waals surface area contributed by atoms with E-state index in [0.29, 0.717) is 19.6 Å². The largest absolute Gasteiger partial charge is 0.358 e. The summed E-state index contributed by atoms with van der Waals surface area (Å²) in [5.74, 6) is 0.567. The van der Waals surface area contributed by atoms with E-state index in [-0.39, 0.29) is 11.4 Å². The van der Waals surface area contributed by atoms with Crippen LogP contribution in [0.3, 0.4) is 0 Å². The Balaban J connectivity index is 1.95. The van der Waals surface area contributed by atoms with Crippen LogP contribution < -0.4 is 0 Å². The van der Waals surface area contributed by atoms with Crippen molar-refractivity contribution in [1.29, 1.82) is 0 Å². The Labute approximate surface area is 159 Å². The molecule has 0 unspecified atom stereocenters. The molecule has 0 bridgehead atoms.